The van der Waals surface area contributed by atoms with E-state index in [1.165, 1.54) is 0 Å². The lowest BCUT2D eigenvalue weighted by Crippen LogP contribution is -2.23. The van der Waals surface area contributed by atoms with E-state index in [0.29, 0.717) is 5.25 Å². The first-order valence-electron chi connectivity index (χ1n) is 5.94. The molecule has 2 unspecified atom stereocenters. The summed E-state index contributed by atoms with van der Waals surface area (Å²) in [4.78, 5) is 0. The maximum absolute atomic E-state index is 13.5. The standard InChI is InChI=1S/C13H17ClFNS/c1-3-16-13-4-8(2)17-7-9-5-12(15)11(14)6-10(9)13/h5-6,8,13,16H,3-4,7H2,1-2H3. The van der Waals surface area contributed by atoms with Gasteiger partial charge in [-0.15, -0.1) is 0 Å². The minimum absolute atomic E-state index is 0.228. The molecule has 0 bridgehead atoms. The van der Waals surface area contributed by atoms with Gasteiger partial charge in [-0.05, 0) is 36.2 Å². The maximum atomic E-state index is 13.5. The fraction of sp³-hybridized carbons (Fsp3) is 0.538. The highest BCUT2D eigenvalue weighted by Crippen LogP contribution is 2.36. The van der Waals surface area contributed by atoms with Gasteiger partial charge in [-0.25, -0.2) is 4.39 Å². The van der Waals surface area contributed by atoms with Crippen molar-refractivity contribution in [3.63, 3.8) is 0 Å². The summed E-state index contributed by atoms with van der Waals surface area (Å²) in [6, 6.07) is 3.67. The normalized spacial score (nSPS) is 24.2. The van der Waals surface area contributed by atoms with Gasteiger partial charge >= 0.3 is 0 Å². The molecular formula is C13H17ClFNS. The average Bonchev–Trinajstić information content (AvgIpc) is 2.42. The van der Waals surface area contributed by atoms with Crippen LogP contribution in [0.3, 0.4) is 0 Å². The van der Waals surface area contributed by atoms with Gasteiger partial charge in [-0.2, -0.15) is 11.8 Å². The van der Waals surface area contributed by atoms with Crippen molar-refractivity contribution >= 4 is 23.4 Å². The summed E-state index contributed by atoms with van der Waals surface area (Å²) in [6.07, 6.45) is 1.06. The third kappa shape index (κ3) is 2.95. The van der Waals surface area contributed by atoms with Gasteiger partial charge < -0.3 is 5.32 Å². The Bertz CT molecular complexity index is 411. The van der Waals surface area contributed by atoms with Gasteiger partial charge in [0.2, 0.25) is 0 Å². The van der Waals surface area contributed by atoms with Crippen molar-refractivity contribution in [2.24, 2.45) is 0 Å². The van der Waals surface area contributed by atoms with E-state index in [4.69, 9.17) is 11.6 Å². The molecule has 17 heavy (non-hydrogen) atoms. The third-order valence-corrected chi connectivity index (χ3v) is 4.63. The summed E-state index contributed by atoms with van der Waals surface area (Å²) in [6.45, 7) is 5.23. The van der Waals surface area contributed by atoms with Crippen molar-refractivity contribution in [1.29, 1.82) is 0 Å². The Labute approximate surface area is 111 Å². The van der Waals surface area contributed by atoms with Crippen LogP contribution in [-0.4, -0.2) is 11.8 Å². The molecule has 1 aromatic rings. The zero-order chi connectivity index (χ0) is 12.4. The fourth-order valence-electron chi connectivity index (χ4n) is 2.25. The Morgan fingerprint density at radius 1 is 1.53 bits per heavy atom. The minimum atomic E-state index is -0.309. The molecule has 0 amide bonds. The first-order chi connectivity index (χ1) is 8.11. The molecule has 1 aliphatic rings. The number of hydrogen-bond acceptors (Lipinski definition) is 2. The number of nitrogens with one attached hydrogen (secondary N) is 1. The first kappa shape index (κ1) is 13.2. The zero-order valence-corrected chi connectivity index (χ0v) is 11.7. The van der Waals surface area contributed by atoms with E-state index in [0.717, 1.165) is 29.8 Å². The molecule has 0 aliphatic carbocycles. The molecular weight excluding hydrogens is 257 g/mol. The molecule has 1 aromatic carbocycles. The van der Waals surface area contributed by atoms with Gasteiger partial charge in [0, 0.05) is 17.0 Å². The van der Waals surface area contributed by atoms with Crippen LogP contribution >= 0.6 is 23.4 Å². The molecule has 2 rings (SSSR count). The molecule has 0 spiro atoms. The fourth-order valence-corrected chi connectivity index (χ4v) is 3.47. The summed E-state index contributed by atoms with van der Waals surface area (Å²) >= 11 is 7.77. The largest absolute Gasteiger partial charge is 0.310 e. The van der Waals surface area contributed by atoms with Crippen LogP contribution in [0.4, 0.5) is 4.39 Å². The number of benzene rings is 1. The second-order valence-corrected chi connectivity index (χ2v) is 6.27. The summed E-state index contributed by atoms with van der Waals surface area (Å²) in [5, 5.41) is 4.27. The van der Waals surface area contributed by atoms with Gasteiger partial charge in [0.1, 0.15) is 5.82 Å². The van der Waals surface area contributed by atoms with Crippen LogP contribution in [0.1, 0.15) is 37.4 Å². The van der Waals surface area contributed by atoms with E-state index in [2.05, 4.69) is 19.2 Å². The van der Waals surface area contributed by atoms with Gasteiger partial charge in [0.25, 0.3) is 0 Å². The molecule has 0 radical (unpaired) electrons. The highest BCUT2D eigenvalue weighted by molar-refractivity contribution is 7.99. The predicted octanol–water partition coefficient (Wildman–Crippen LogP) is 4.16. The van der Waals surface area contributed by atoms with Crippen molar-refractivity contribution in [1.82, 2.24) is 5.32 Å². The second-order valence-electron chi connectivity index (χ2n) is 4.43. The number of thioether (sulfide) groups is 1. The predicted molar refractivity (Wildman–Crippen MR) is 73.2 cm³/mol. The highest BCUT2D eigenvalue weighted by atomic mass is 35.5. The van der Waals surface area contributed by atoms with Crippen LogP contribution in [-0.2, 0) is 5.75 Å². The van der Waals surface area contributed by atoms with E-state index < -0.39 is 0 Å². The molecule has 1 heterocycles. The van der Waals surface area contributed by atoms with Crippen molar-refractivity contribution in [3.8, 4) is 0 Å². The summed E-state index contributed by atoms with van der Waals surface area (Å²) in [7, 11) is 0. The van der Waals surface area contributed by atoms with E-state index in [1.54, 1.807) is 12.1 Å². The molecule has 1 aliphatic heterocycles. The Morgan fingerprint density at radius 2 is 2.29 bits per heavy atom. The topological polar surface area (TPSA) is 12.0 Å². The van der Waals surface area contributed by atoms with Gasteiger partial charge in [-0.3, -0.25) is 0 Å². The maximum Gasteiger partial charge on any atom is 0.142 e. The molecule has 4 heteroatoms. The molecule has 1 N–H and O–H groups in total. The van der Waals surface area contributed by atoms with Crippen molar-refractivity contribution in [2.75, 3.05) is 6.54 Å². The molecule has 2 atom stereocenters. The Kier molecular flexibility index (Phi) is 4.34. The van der Waals surface area contributed by atoms with E-state index in [9.17, 15) is 4.39 Å². The Balaban J connectivity index is 2.40. The van der Waals surface area contributed by atoms with Crippen LogP contribution in [0.2, 0.25) is 5.02 Å². The molecule has 94 valence electrons. The summed E-state index contributed by atoms with van der Waals surface area (Å²) < 4.78 is 13.5. The quantitative estimate of drug-likeness (QED) is 0.869. The van der Waals surface area contributed by atoms with Crippen molar-refractivity contribution < 1.29 is 4.39 Å². The van der Waals surface area contributed by atoms with Gasteiger partial charge in [0.15, 0.2) is 0 Å². The van der Waals surface area contributed by atoms with Crippen LogP contribution < -0.4 is 5.32 Å². The molecule has 0 saturated carbocycles. The number of fused-ring (bicyclic) bond motifs is 1. The molecule has 0 fully saturated rings. The van der Waals surface area contributed by atoms with Crippen LogP contribution in [0.15, 0.2) is 12.1 Å². The Hall–Kier alpha value is -0.250. The molecule has 1 nitrogen and oxygen atoms in total. The van der Waals surface area contributed by atoms with Crippen LogP contribution in [0.5, 0.6) is 0 Å². The lowest BCUT2D eigenvalue weighted by Gasteiger charge is -2.20. The smallest absolute Gasteiger partial charge is 0.142 e. The SMILES string of the molecule is CCNC1CC(C)SCc2cc(F)c(Cl)cc21. The summed E-state index contributed by atoms with van der Waals surface area (Å²) in [5.74, 6) is 0.558. The zero-order valence-electron chi connectivity index (χ0n) is 10.1. The first-order valence-corrected chi connectivity index (χ1v) is 7.37. The van der Waals surface area contributed by atoms with Gasteiger partial charge in [-0.1, -0.05) is 25.4 Å². The summed E-state index contributed by atoms with van der Waals surface area (Å²) in [5.41, 5.74) is 2.24. The third-order valence-electron chi connectivity index (χ3n) is 3.10. The lowest BCUT2D eigenvalue weighted by atomic mass is 9.97. The van der Waals surface area contributed by atoms with Crippen LogP contribution in [0, 0.1) is 5.82 Å². The highest BCUT2D eigenvalue weighted by Gasteiger charge is 2.23. The Morgan fingerprint density at radius 3 is 3.00 bits per heavy atom. The number of halogens is 2. The number of hydrogen-bond donors (Lipinski definition) is 1. The second kappa shape index (κ2) is 5.59. The average molecular weight is 274 g/mol. The van der Waals surface area contributed by atoms with Gasteiger partial charge in [0.05, 0.1) is 5.02 Å². The van der Waals surface area contributed by atoms with E-state index in [1.807, 2.05) is 11.8 Å². The minimum Gasteiger partial charge on any atom is -0.310 e. The van der Waals surface area contributed by atoms with Crippen LogP contribution in [0.25, 0.3) is 0 Å². The molecule has 0 aromatic heterocycles. The number of rotatable bonds is 2. The van der Waals surface area contributed by atoms with Crippen molar-refractivity contribution in [3.05, 3.63) is 34.1 Å². The monoisotopic (exact) mass is 273 g/mol. The van der Waals surface area contributed by atoms with E-state index in [-0.39, 0.29) is 16.9 Å². The molecule has 0 saturated heterocycles. The van der Waals surface area contributed by atoms with Crippen molar-refractivity contribution in [2.45, 2.75) is 37.3 Å². The lowest BCUT2D eigenvalue weighted by molar-refractivity contribution is 0.514. The van der Waals surface area contributed by atoms with E-state index >= 15 is 0 Å².